The number of ether oxygens (including phenoxy) is 2. The zero-order valence-electron chi connectivity index (χ0n) is 20.5. The Bertz CT molecular complexity index is 1460. The van der Waals surface area contributed by atoms with Gasteiger partial charge in [0.1, 0.15) is 16.5 Å². The molecule has 0 aliphatic carbocycles. The summed E-state index contributed by atoms with van der Waals surface area (Å²) in [7, 11) is 1.26. The van der Waals surface area contributed by atoms with E-state index >= 15 is 0 Å². The molecular weight excluding hydrogens is 496 g/mol. The third kappa shape index (κ3) is 4.96. The molecule has 4 rings (SSSR count). The van der Waals surface area contributed by atoms with Gasteiger partial charge in [-0.15, -0.1) is 0 Å². The first-order chi connectivity index (χ1) is 17.6. The maximum atomic E-state index is 13.0. The molecule has 8 nitrogen and oxygen atoms in total. The van der Waals surface area contributed by atoms with Crippen LogP contribution in [0.5, 0.6) is 5.75 Å². The van der Waals surface area contributed by atoms with Crippen molar-refractivity contribution in [2.24, 2.45) is 0 Å². The number of amides is 2. The monoisotopic (exact) mass is 518 g/mol. The summed E-state index contributed by atoms with van der Waals surface area (Å²) < 4.78 is 10.3. The lowest BCUT2D eigenvalue weighted by Gasteiger charge is -2.15. The lowest BCUT2D eigenvalue weighted by molar-refractivity contribution is -0.120. The molecule has 0 fully saturated rings. The zero-order chi connectivity index (χ0) is 26.9. The summed E-state index contributed by atoms with van der Waals surface area (Å²) in [6.45, 7) is 5.71. The Kier molecular flexibility index (Phi) is 7.13. The van der Waals surface area contributed by atoms with E-state index in [2.05, 4.69) is 10.1 Å². The van der Waals surface area contributed by atoms with Crippen LogP contribution < -0.4 is 15.0 Å². The molecule has 0 saturated heterocycles. The van der Waals surface area contributed by atoms with E-state index in [1.54, 1.807) is 24.3 Å². The van der Waals surface area contributed by atoms with Crippen LogP contribution in [0.25, 0.3) is 0 Å². The van der Waals surface area contributed by atoms with E-state index in [4.69, 9.17) is 16.3 Å². The average Bonchev–Trinajstić information content (AvgIpc) is 3.11. The summed E-state index contributed by atoms with van der Waals surface area (Å²) in [4.78, 5) is 51.0. The number of anilines is 2. The molecule has 0 spiro atoms. The molecule has 1 aliphatic heterocycles. The molecule has 3 aromatic carbocycles. The standard InChI is InChI=1S/C28H23ClN2O6/c1-15-5-6-16(2)24(17(15)3)37-28(35)19-7-11-20(12-8-19)30-23-22(29)25(32)31(26(23)33)21-13-9-18(10-14-21)27(34)36-4/h5-14,30H,1-4H3. The number of nitrogens with one attached hydrogen (secondary N) is 1. The van der Waals surface area contributed by atoms with Crippen LogP contribution in [-0.2, 0) is 14.3 Å². The largest absolute Gasteiger partial charge is 0.465 e. The van der Waals surface area contributed by atoms with E-state index in [1.165, 1.54) is 31.4 Å². The topological polar surface area (TPSA) is 102 Å². The second kappa shape index (κ2) is 10.3. The zero-order valence-corrected chi connectivity index (χ0v) is 21.3. The number of carbonyl (C=O) groups excluding carboxylic acids is 4. The Morgan fingerprint density at radius 2 is 1.35 bits per heavy atom. The first-order valence-corrected chi connectivity index (χ1v) is 11.6. The molecule has 2 amide bonds. The number of aryl methyl sites for hydroxylation is 2. The van der Waals surface area contributed by atoms with Gasteiger partial charge < -0.3 is 14.8 Å². The highest BCUT2D eigenvalue weighted by atomic mass is 35.5. The lowest BCUT2D eigenvalue weighted by Crippen LogP contribution is -2.32. The highest BCUT2D eigenvalue weighted by Gasteiger charge is 2.39. The van der Waals surface area contributed by atoms with Crippen LogP contribution in [0.15, 0.2) is 71.4 Å². The summed E-state index contributed by atoms with van der Waals surface area (Å²) in [5, 5.41) is 2.58. The minimum absolute atomic E-state index is 0.106. The Balaban J connectivity index is 1.48. The van der Waals surface area contributed by atoms with Gasteiger partial charge in [0.25, 0.3) is 11.8 Å². The first kappa shape index (κ1) is 25.7. The molecule has 1 aliphatic rings. The first-order valence-electron chi connectivity index (χ1n) is 11.3. The summed E-state index contributed by atoms with van der Waals surface area (Å²) in [5.74, 6) is -1.90. The predicted octanol–water partition coefficient (Wildman–Crippen LogP) is 5.05. The van der Waals surface area contributed by atoms with Gasteiger partial charge in [-0.25, -0.2) is 14.5 Å². The fourth-order valence-electron chi connectivity index (χ4n) is 3.78. The van der Waals surface area contributed by atoms with Crippen molar-refractivity contribution in [2.75, 3.05) is 17.3 Å². The second-order valence-electron chi connectivity index (χ2n) is 8.42. The quantitative estimate of drug-likeness (QED) is 0.276. The van der Waals surface area contributed by atoms with E-state index in [0.29, 0.717) is 17.0 Å². The summed E-state index contributed by atoms with van der Waals surface area (Å²) >= 11 is 6.19. The van der Waals surface area contributed by atoms with Crippen molar-refractivity contribution in [3.63, 3.8) is 0 Å². The van der Waals surface area contributed by atoms with E-state index in [1.807, 2.05) is 32.9 Å². The van der Waals surface area contributed by atoms with Gasteiger partial charge in [-0.1, -0.05) is 23.7 Å². The van der Waals surface area contributed by atoms with E-state index in [9.17, 15) is 19.2 Å². The molecule has 0 aromatic heterocycles. The third-order valence-electron chi connectivity index (χ3n) is 6.03. The molecule has 188 valence electrons. The number of halogens is 1. The van der Waals surface area contributed by atoms with Crippen LogP contribution in [0, 0.1) is 20.8 Å². The van der Waals surface area contributed by atoms with Crippen LogP contribution in [0.3, 0.4) is 0 Å². The Morgan fingerprint density at radius 3 is 1.97 bits per heavy atom. The number of carbonyl (C=O) groups is 4. The molecule has 0 atom stereocenters. The number of hydrogen-bond donors (Lipinski definition) is 1. The molecular formula is C28H23ClN2O6. The maximum absolute atomic E-state index is 13.0. The van der Waals surface area contributed by atoms with Gasteiger partial charge >= 0.3 is 11.9 Å². The van der Waals surface area contributed by atoms with Crippen LogP contribution in [0.1, 0.15) is 37.4 Å². The molecule has 0 bridgehead atoms. The number of benzene rings is 3. The number of rotatable bonds is 6. The van der Waals surface area contributed by atoms with Crippen LogP contribution in [0.4, 0.5) is 11.4 Å². The van der Waals surface area contributed by atoms with Crippen molar-refractivity contribution in [2.45, 2.75) is 20.8 Å². The number of methoxy groups -OCH3 is 1. The van der Waals surface area contributed by atoms with E-state index < -0.39 is 23.8 Å². The Labute approximate surface area is 218 Å². The SMILES string of the molecule is COC(=O)c1ccc(N2C(=O)C(Cl)=C(Nc3ccc(C(=O)Oc4c(C)ccc(C)c4C)cc3)C2=O)cc1. The normalized spacial score (nSPS) is 13.2. The second-order valence-corrected chi connectivity index (χ2v) is 8.80. The van der Waals surface area contributed by atoms with Crippen molar-refractivity contribution in [3.05, 3.63) is 99.2 Å². The van der Waals surface area contributed by atoms with Crippen molar-refractivity contribution in [1.82, 2.24) is 0 Å². The number of esters is 2. The Hall–Kier alpha value is -4.43. The minimum Gasteiger partial charge on any atom is -0.465 e. The van der Waals surface area contributed by atoms with Gasteiger partial charge in [-0.2, -0.15) is 0 Å². The van der Waals surface area contributed by atoms with Crippen molar-refractivity contribution in [3.8, 4) is 5.75 Å². The highest BCUT2D eigenvalue weighted by molar-refractivity contribution is 6.53. The Morgan fingerprint density at radius 1 is 0.784 bits per heavy atom. The molecule has 37 heavy (non-hydrogen) atoms. The van der Waals surface area contributed by atoms with Crippen LogP contribution >= 0.6 is 11.6 Å². The molecule has 3 aromatic rings. The third-order valence-corrected chi connectivity index (χ3v) is 6.38. The van der Waals surface area contributed by atoms with Gasteiger partial charge in [0.15, 0.2) is 0 Å². The summed E-state index contributed by atoms with van der Waals surface area (Å²) in [6.07, 6.45) is 0. The minimum atomic E-state index is -0.705. The fourth-order valence-corrected chi connectivity index (χ4v) is 3.99. The maximum Gasteiger partial charge on any atom is 0.343 e. The highest BCUT2D eigenvalue weighted by Crippen LogP contribution is 2.31. The predicted molar refractivity (Wildman–Crippen MR) is 139 cm³/mol. The summed E-state index contributed by atoms with van der Waals surface area (Å²) in [6, 6.07) is 15.9. The number of hydrogen-bond acceptors (Lipinski definition) is 7. The van der Waals surface area contributed by atoms with Crippen molar-refractivity contribution < 1.29 is 28.7 Å². The average molecular weight is 519 g/mol. The van der Waals surface area contributed by atoms with Gasteiger partial charge in [-0.3, -0.25) is 9.59 Å². The van der Waals surface area contributed by atoms with Gasteiger partial charge in [-0.05, 0) is 86.0 Å². The number of nitrogens with zero attached hydrogens (tertiary/aromatic N) is 1. The van der Waals surface area contributed by atoms with Crippen molar-refractivity contribution >= 4 is 46.7 Å². The fraction of sp³-hybridized carbons (Fsp3) is 0.143. The molecule has 1 N–H and O–H groups in total. The number of imide groups is 1. The van der Waals surface area contributed by atoms with Crippen molar-refractivity contribution in [1.29, 1.82) is 0 Å². The van der Waals surface area contributed by atoms with Crippen LogP contribution in [0.2, 0.25) is 0 Å². The van der Waals surface area contributed by atoms with E-state index in [0.717, 1.165) is 21.6 Å². The van der Waals surface area contributed by atoms with Crippen LogP contribution in [-0.4, -0.2) is 30.9 Å². The molecule has 0 saturated carbocycles. The van der Waals surface area contributed by atoms with Gasteiger partial charge in [0.05, 0.1) is 23.9 Å². The lowest BCUT2D eigenvalue weighted by atomic mass is 10.1. The molecule has 0 radical (unpaired) electrons. The molecule has 0 unspecified atom stereocenters. The van der Waals surface area contributed by atoms with E-state index in [-0.39, 0.29) is 22.0 Å². The van der Waals surface area contributed by atoms with Gasteiger partial charge in [0.2, 0.25) is 0 Å². The molecule has 1 heterocycles. The van der Waals surface area contributed by atoms with Gasteiger partial charge in [0, 0.05) is 5.69 Å². The smallest absolute Gasteiger partial charge is 0.343 e. The summed E-state index contributed by atoms with van der Waals surface area (Å²) in [5.41, 5.74) is 3.93. The molecule has 9 heteroatoms.